The predicted molar refractivity (Wildman–Crippen MR) is 87.9 cm³/mol. The van der Waals surface area contributed by atoms with Crippen LogP contribution in [-0.2, 0) is 4.79 Å². The predicted octanol–water partition coefficient (Wildman–Crippen LogP) is 3.99. The van der Waals surface area contributed by atoms with Crippen LogP contribution in [0.2, 0.25) is 5.02 Å². The molecule has 0 aromatic heterocycles. The number of hydrogen-bond donors (Lipinski definition) is 1. The Hall–Kier alpha value is -2.26. The molecule has 0 fully saturated rings. The summed E-state index contributed by atoms with van der Waals surface area (Å²) < 4.78 is 6.02. The maximum absolute atomic E-state index is 11.6. The molecule has 1 aliphatic carbocycles. The third-order valence-corrected chi connectivity index (χ3v) is 3.82. The van der Waals surface area contributed by atoms with Gasteiger partial charge in [0.1, 0.15) is 11.9 Å². The molecule has 2 aromatic carbocycles. The molecule has 0 radical (unpaired) electrons. The molecule has 0 aliphatic heterocycles. The average Bonchev–Trinajstić information content (AvgIpc) is 2.51. The van der Waals surface area contributed by atoms with Gasteiger partial charge in [0.25, 0.3) is 0 Å². The van der Waals surface area contributed by atoms with Gasteiger partial charge in [-0.2, -0.15) is 0 Å². The largest absolute Gasteiger partial charge is 0.484 e. The fourth-order valence-electron chi connectivity index (χ4n) is 2.59. The fraction of sp³-hybridized carbons (Fsp3) is 0.167. The van der Waals surface area contributed by atoms with Crippen molar-refractivity contribution in [1.82, 2.24) is 5.32 Å². The summed E-state index contributed by atoms with van der Waals surface area (Å²) in [5, 5.41) is 3.64. The van der Waals surface area contributed by atoms with E-state index in [1.807, 2.05) is 48.6 Å². The van der Waals surface area contributed by atoms with Crippen molar-refractivity contribution in [3.8, 4) is 5.75 Å². The van der Waals surface area contributed by atoms with E-state index in [-0.39, 0.29) is 18.1 Å². The second-order valence-corrected chi connectivity index (χ2v) is 5.64. The second kappa shape index (κ2) is 6.24. The van der Waals surface area contributed by atoms with Gasteiger partial charge >= 0.3 is 0 Å². The highest BCUT2D eigenvalue weighted by Crippen LogP contribution is 2.31. The van der Waals surface area contributed by atoms with Crippen molar-refractivity contribution >= 4 is 23.6 Å². The van der Waals surface area contributed by atoms with Crippen molar-refractivity contribution in [3.63, 3.8) is 0 Å². The molecule has 0 saturated heterocycles. The third kappa shape index (κ3) is 3.15. The summed E-state index contributed by atoms with van der Waals surface area (Å²) in [4.78, 5) is 11.6. The lowest BCUT2D eigenvalue weighted by Crippen LogP contribution is -2.38. The molecule has 2 atom stereocenters. The molecule has 112 valence electrons. The van der Waals surface area contributed by atoms with Crippen molar-refractivity contribution in [1.29, 1.82) is 0 Å². The van der Waals surface area contributed by atoms with Gasteiger partial charge in [-0.3, -0.25) is 4.79 Å². The summed E-state index contributed by atoms with van der Waals surface area (Å²) in [5.74, 6) is 0.633. The summed E-state index contributed by atoms with van der Waals surface area (Å²) in [6.45, 7) is 1.51. The summed E-state index contributed by atoms with van der Waals surface area (Å²) >= 11 is 5.89. The zero-order valence-electron chi connectivity index (χ0n) is 12.1. The van der Waals surface area contributed by atoms with Gasteiger partial charge < -0.3 is 10.1 Å². The lowest BCUT2D eigenvalue weighted by atomic mass is 9.90. The lowest BCUT2D eigenvalue weighted by molar-refractivity contribution is -0.120. The Kier molecular flexibility index (Phi) is 4.16. The highest BCUT2D eigenvalue weighted by Gasteiger charge is 2.28. The normalized spacial score (nSPS) is 19.4. The number of amides is 1. The topological polar surface area (TPSA) is 38.3 Å². The van der Waals surface area contributed by atoms with E-state index in [1.165, 1.54) is 6.92 Å². The van der Waals surface area contributed by atoms with Crippen LogP contribution in [0.5, 0.6) is 5.75 Å². The molecule has 0 saturated carbocycles. The number of nitrogens with one attached hydrogen (secondary N) is 1. The SMILES string of the molecule is CC(=O)N[C@@H]1c2ccccc2C=C[C@H]1Oc1ccc(Cl)cc1. The van der Waals surface area contributed by atoms with Gasteiger partial charge in [0.2, 0.25) is 5.91 Å². The quantitative estimate of drug-likeness (QED) is 0.930. The molecule has 22 heavy (non-hydrogen) atoms. The standard InChI is InChI=1S/C18H16ClNO2/c1-12(21)20-18-16-5-3-2-4-13(16)6-11-17(18)22-15-9-7-14(19)8-10-15/h2-11,17-18H,1H3,(H,20,21)/t17-,18-/m1/s1. The summed E-state index contributed by atoms with van der Waals surface area (Å²) in [6, 6.07) is 15.0. The number of ether oxygens (including phenoxy) is 1. The first kappa shape index (κ1) is 14.7. The Morgan fingerprint density at radius 1 is 1.14 bits per heavy atom. The molecule has 3 nitrogen and oxygen atoms in total. The monoisotopic (exact) mass is 313 g/mol. The van der Waals surface area contributed by atoms with Crippen LogP contribution in [-0.4, -0.2) is 12.0 Å². The minimum Gasteiger partial charge on any atom is -0.484 e. The summed E-state index contributed by atoms with van der Waals surface area (Å²) in [6.07, 6.45) is 3.73. The number of hydrogen-bond acceptors (Lipinski definition) is 2. The van der Waals surface area contributed by atoms with E-state index in [0.29, 0.717) is 10.8 Å². The Bertz CT molecular complexity index is 709. The lowest BCUT2D eigenvalue weighted by Gasteiger charge is -2.30. The van der Waals surface area contributed by atoms with E-state index in [4.69, 9.17) is 16.3 Å². The Morgan fingerprint density at radius 2 is 1.86 bits per heavy atom. The summed E-state index contributed by atoms with van der Waals surface area (Å²) in [5.41, 5.74) is 2.15. The van der Waals surface area contributed by atoms with Gasteiger partial charge in [0, 0.05) is 11.9 Å². The van der Waals surface area contributed by atoms with Gasteiger partial charge in [0.15, 0.2) is 0 Å². The van der Waals surface area contributed by atoms with Crippen LogP contribution < -0.4 is 10.1 Å². The molecule has 0 unspecified atom stereocenters. The minimum atomic E-state index is -0.264. The number of halogens is 1. The highest BCUT2D eigenvalue weighted by molar-refractivity contribution is 6.30. The molecular formula is C18H16ClNO2. The number of carbonyl (C=O) groups is 1. The van der Waals surface area contributed by atoms with Crippen LogP contribution in [0.15, 0.2) is 54.6 Å². The molecular weight excluding hydrogens is 298 g/mol. The summed E-state index contributed by atoms with van der Waals surface area (Å²) in [7, 11) is 0. The molecule has 0 spiro atoms. The first-order valence-corrected chi connectivity index (χ1v) is 7.48. The van der Waals surface area contributed by atoms with E-state index in [9.17, 15) is 4.79 Å². The van der Waals surface area contributed by atoms with Crippen molar-refractivity contribution in [2.75, 3.05) is 0 Å². The van der Waals surface area contributed by atoms with Gasteiger partial charge in [-0.15, -0.1) is 0 Å². The number of rotatable bonds is 3. The van der Waals surface area contributed by atoms with Crippen molar-refractivity contribution in [2.45, 2.75) is 19.1 Å². The minimum absolute atomic E-state index is 0.0835. The molecule has 0 bridgehead atoms. The number of carbonyl (C=O) groups excluding carboxylic acids is 1. The van der Waals surface area contributed by atoms with E-state index in [0.717, 1.165) is 11.1 Å². The molecule has 2 aromatic rings. The molecule has 0 heterocycles. The third-order valence-electron chi connectivity index (χ3n) is 3.57. The van der Waals surface area contributed by atoms with Gasteiger partial charge in [-0.25, -0.2) is 0 Å². The van der Waals surface area contributed by atoms with E-state index >= 15 is 0 Å². The van der Waals surface area contributed by atoms with Crippen molar-refractivity contribution < 1.29 is 9.53 Å². The van der Waals surface area contributed by atoms with Crippen LogP contribution in [0.4, 0.5) is 0 Å². The van der Waals surface area contributed by atoms with Crippen LogP contribution in [0.3, 0.4) is 0 Å². The fourth-order valence-corrected chi connectivity index (χ4v) is 2.71. The van der Waals surface area contributed by atoms with Crippen molar-refractivity contribution in [3.05, 3.63) is 70.8 Å². The molecule has 4 heteroatoms. The first-order valence-electron chi connectivity index (χ1n) is 7.10. The molecule has 1 N–H and O–H groups in total. The Morgan fingerprint density at radius 3 is 2.59 bits per heavy atom. The zero-order valence-corrected chi connectivity index (χ0v) is 12.9. The van der Waals surface area contributed by atoms with E-state index < -0.39 is 0 Å². The highest BCUT2D eigenvalue weighted by atomic mass is 35.5. The number of benzene rings is 2. The first-order chi connectivity index (χ1) is 10.6. The molecule has 3 rings (SSSR count). The smallest absolute Gasteiger partial charge is 0.217 e. The van der Waals surface area contributed by atoms with Gasteiger partial charge in [0.05, 0.1) is 6.04 Å². The van der Waals surface area contributed by atoms with Gasteiger partial charge in [-0.05, 0) is 41.5 Å². The van der Waals surface area contributed by atoms with Crippen LogP contribution >= 0.6 is 11.6 Å². The number of fused-ring (bicyclic) bond motifs is 1. The Labute approximate surface area is 134 Å². The van der Waals surface area contributed by atoms with E-state index in [1.54, 1.807) is 12.1 Å². The maximum atomic E-state index is 11.6. The Balaban J connectivity index is 1.89. The van der Waals surface area contributed by atoms with Crippen LogP contribution in [0.1, 0.15) is 24.1 Å². The molecule has 1 amide bonds. The zero-order chi connectivity index (χ0) is 15.5. The van der Waals surface area contributed by atoms with Crippen molar-refractivity contribution in [2.24, 2.45) is 0 Å². The van der Waals surface area contributed by atoms with E-state index in [2.05, 4.69) is 5.32 Å². The second-order valence-electron chi connectivity index (χ2n) is 5.20. The molecule has 1 aliphatic rings. The maximum Gasteiger partial charge on any atom is 0.217 e. The van der Waals surface area contributed by atoms with Crippen LogP contribution in [0, 0.1) is 0 Å². The average molecular weight is 314 g/mol. The van der Waals surface area contributed by atoms with Gasteiger partial charge in [-0.1, -0.05) is 41.9 Å². The van der Waals surface area contributed by atoms with Crippen LogP contribution in [0.25, 0.3) is 6.08 Å².